The first-order valence-electron chi connectivity index (χ1n) is 5.97. The van der Waals surface area contributed by atoms with Gasteiger partial charge in [0.15, 0.2) is 0 Å². The minimum atomic E-state index is 0.478. The second-order valence-corrected chi connectivity index (χ2v) is 4.19. The van der Waals surface area contributed by atoms with Crippen LogP contribution in [0.2, 0.25) is 0 Å². The third kappa shape index (κ3) is 5.25. The van der Waals surface area contributed by atoms with Crippen molar-refractivity contribution in [1.82, 2.24) is 4.90 Å². The van der Waals surface area contributed by atoms with Crippen molar-refractivity contribution in [3.63, 3.8) is 0 Å². The van der Waals surface area contributed by atoms with Crippen LogP contribution in [0.1, 0.15) is 59.8 Å². The molecule has 0 fully saturated rings. The zero-order valence-corrected chi connectivity index (χ0v) is 10.3. The van der Waals surface area contributed by atoms with E-state index in [9.17, 15) is 0 Å². The Balaban J connectivity index is 3.95. The Labute approximate surface area is 89.2 Å². The van der Waals surface area contributed by atoms with Crippen LogP contribution in [-0.4, -0.2) is 23.3 Å². The van der Waals surface area contributed by atoms with Crippen LogP contribution in [0, 0.1) is 5.41 Å². The Kier molecular flexibility index (Phi) is 7.54. The molecule has 0 amide bonds. The van der Waals surface area contributed by atoms with Gasteiger partial charge in [-0.15, -0.1) is 0 Å². The summed E-state index contributed by atoms with van der Waals surface area (Å²) in [5.74, 6) is 0.818. The molecule has 0 aliphatic rings. The third-order valence-electron chi connectivity index (χ3n) is 2.46. The first-order valence-corrected chi connectivity index (χ1v) is 5.97. The van der Waals surface area contributed by atoms with E-state index in [2.05, 4.69) is 32.6 Å². The number of unbranched alkanes of at least 4 members (excludes halogenated alkanes) is 2. The molecule has 0 saturated heterocycles. The van der Waals surface area contributed by atoms with E-state index >= 15 is 0 Å². The van der Waals surface area contributed by atoms with Gasteiger partial charge in [0.05, 0.1) is 5.84 Å². The zero-order valence-electron chi connectivity index (χ0n) is 10.3. The van der Waals surface area contributed by atoms with Crippen molar-refractivity contribution in [3.8, 4) is 0 Å². The Bertz CT molecular complexity index is 152. The van der Waals surface area contributed by atoms with Gasteiger partial charge in [-0.05, 0) is 26.7 Å². The highest BCUT2D eigenvalue weighted by atomic mass is 15.2. The van der Waals surface area contributed by atoms with E-state index in [1.54, 1.807) is 0 Å². The molecule has 0 aliphatic heterocycles. The summed E-state index contributed by atoms with van der Waals surface area (Å²) in [4.78, 5) is 2.24. The highest BCUT2D eigenvalue weighted by molar-refractivity contribution is 5.79. The Morgan fingerprint density at radius 3 is 2.21 bits per heavy atom. The van der Waals surface area contributed by atoms with Crippen molar-refractivity contribution in [2.75, 3.05) is 6.54 Å². The molecular weight excluding hydrogens is 172 g/mol. The molecule has 0 atom stereocenters. The van der Waals surface area contributed by atoms with Crippen LogP contribution in [0.5, 0.6) is 0 Å². The van der Waals surface area contributed by atoms with E-state index < -0.39 is 0 Å². The predicted octanol–water partition coefficient (Wildman–Crippen LogP) is 3.66. The average molecular weight is 198 g/mol. The van der Waals surface area contributed by atoms with E-state index in [1.807, 2.05) is 0 Å². The highest BCUT2D eigenvalue weighted by Gasteiger charge is 2.11. The van der Waals surface area contributed by atoms with Crippen molar-refractivity contribution in [2.24, 2.45) is 0 Å². The number of amidine groups is 1. The van der Waals surface area contributed by atoms with Gasteiger partial charge in [-0.1, -0.05) is 26.7 Å². The number of hydrogen-bond acceptors (Lipinski definition) is 1. The van der Waals surface area contributed by atoms with Gasteiger partial charge in [0.25, 0.3) is 0 Å². The first kappa shape index (κ1) is 13.5. The van der Waals surface area contributed by atoms with Gasteiger partial charge in [0, 0.05) is 19.0 Å². The Hall–Kier alpha value is -0.530. The first-order chi connectivity index (χ1) is 6.63. The molecule has 0 bridgehead atoms. The summed E-state index contributed by atoms with van der Waals surface area (Å²) >= 11 is 0. The molecule has 0 rings (SSSR count). The van der Waals surface area contributed by atoms with E-state index in [-0.39, 0.29) is 0 Å². The monoisotopic (exact) mass is 198 g/mol. The number of rotatable bonds is 7. The van der Waals surface area contributed by atoms with Gasteiger partial charge < -0.3 is 4.90 Å². The molecule has 0 heterocycles. The Morgan fingerprint density at radius 2 is 1.79 bits per heavy atom. The molecule has 2 heteroatoms. The molecule has 0 unspecified atom stereocenters. The fourth-order valence-electron chi connectivity index (χ4n) is 1.62. The SMILES string of the molecule is CCCCCN(C(=N)CCC)C(C)C. The lowest BCUT2D eigenvalue weighted by Crippen LogP contribution is -2.37. The van der Waals surface area contributed by atoms with Crippen LogP contribution in [0.15, 0.2) is 0 Å². The van der Waals surface area contributed by atoms with E-state index in [1.165, 1.54) is 19.3 Å². The predicted molar refractivity (Wildman–Crippen MR) is 64.0 cm³/mol. The number of hydrogen-bond donors (Lipinski definition) is 1. The molecule has 0 aromatic carbocycles. The number of nitrogens with zero attached hydrogens (tertiary/aromatic N) is 1. The van der Waals surface area contributed by atoms with Gasteiger partial charge in [-0.25, -0.2) is 0 Å². The van der Waals surface area contributed by atoms with Crippen molar-refractivity contribution in [3.05, 3.63) is 0 Å². The molecule has 0 radical (unpaired) electrons. The lowest BCUT2D eigenvalue weighted by Gasteiger charge is -2.29. The molecule has 2 nitrogen and oxygen atoms in total. The van der Waals surface area contributed by atoms with Crippen molar-refractivity contribution >= 4 is 5.84 Å². The second-order valence-electron chi connectivity index (χ2n) is 4.19. The lowest BCUT2D eigenvalue weighted by molar-refractivity contribution is 0.331. The molecule has 0 aliphatic carbocycles. The molecule has 0 aromatic rings. The molecule has 1 N–H and O–H groups in total. The fourth-order valence-corrected chi connectivity index (χ4v) is 1.62. The summed E-state index contributed by atoms with van der Waals surface area (Å²) < 4.78 is 0. The average Bonchev–Trinajstić information content (AvgIpc) is 2.12. The van der Waals surface area contributed by atoms with Gasteiger partial charge in [-0.3, -0.25) is 5.41 Å². The summed E-state index contributed by atoms with van der Waals surface area (Å²) in [7, 11) is 0. The van der Waals surface area contributed by atoms with Gasteiger partial charge in [-0.2, -0.15) is 0 Å². The topological polar surface area (TPSA) is 27.1 Å². The highest BCUT2D eigenvalue weighted by Crippen LogP contribution is 2.07. The molecule has 0 spiro atoms. The van der Waals surface area contributed by atoms with Crippen LogP contribution in [0.25, 0.3) is 0 Å². The second kappa shape index (κ2) is 7.84. The maximum atomic E-state index is 7.94. The molecule has 0 aromatic heterocycles. The smallest absolute Gasteiger partial charge is 0.0959 e. The third-order valence-corrected chi connectivity index (χ3v) is 2.46. The Morgan fingerprint density at radius 1 is 1.14 bits per heavy atom. The van der Waals surface area contributed by atoms with Crippen LogP contribution in [0.4, 0.5) is 0 Å². The van der Waals surface area contributed by atoms with Crippen molar-refractivity contribution < 1.29 is 0 Å². The van der Waals surface area contributed by atoms with Crippen LogP contribution in [0.3, 0.4) is 0 Å². The maximum absolute atomic E-state index is 7.94. The van der Waals surface area contributed by atoms with Crippen LogP contribution in [-0.2, 0) is 0 Å². The standard InChI is InChI=1S/C12H26N2/c1-5-7-8-10-14(11(3)4)12(13)9-6-2/h11,13H,5-10H2,1-4H3. The number of nitrogens with one attached hydrogen (secondary N) is 1. The van der Waals surface area contributed by atoms with Gasteiger partial charge >= 0.3 is 0 Å². The summed E-state index contributed by atoms with van der Waals surface area (Å²) in [5, 5.41) is 7.94. The van der Waals surface area contributed by atoms with Crippen molar-refractivity contribution in [2.45, 2.75) is 65.8 Å². The van der Waals surface area contributed by atoms with E-state index in [0.29, 0.717) is 6.04 Å². The molecule has 84 valence electrons. The normalized spacial score (nSPS) is 10.6. The van der Waals surface area contributed by atoms with Crippen LogP contribution < -0.4 is 0 Å². The van der Waals surface area contributed by atoms with E-state index in [4.69, 9.17) is 5.41 Å². The summed E-state index contributed by atoms with van der Waals surface area (Å²) in [6.07, 6.45) is 5.76. The summed E-state index contributed by atoms with van der Waals surface area (Å²) in [5.41, 5.74) is 0. The maximum Gasteiger partial charge on any atom is 0.0959 e. The van der Waals surface area contributed by atoms with Crippen LogP contribution >= 0.6 is 0 Å². The molecule has 0 saturated carbocycles. The quantitative estimate of drug-likeness (QED) is 0.377. The minimum absolute atomic E-state index is 0.478. The zero-order chi connectivity index (χ0) is 11.0. The van der Waals surface area contributed by atoms with Gasteiger partial charge in [0.2, 0.25) is 0 Å². The van der Waals surface area contributed by atoms with Crippen molar-refractivity contribution in [1.29, 1.82) is 5.41 Å². The minimum Gasteiger partial charge on any atom is -0.358 e. The summed E-state index contributed by atoms with van der Waals surface area (Å²) in [6, 6.07) is 0.478. The molecule has 14 heavy (non-hydrogen) atoms. The largest absolute Gasteiger partial charge is 0.358 e. The van der Waals surface area contributed by atoms with Gasteiger partial charge in [0.1, 0.15) is 0 Å². The fraction of sp³-hybridized carbons (Fsp3) is 0.917. The summed E-state index contributed by atoms with van der Waals surface area (Å²) in [6.45, 7) is 9.77. The van der Waals surface area contributed by atoms with E-state index in [0.717, 1.165) is 25.2 Å². The lowest BCUT2D eigenvalue weighted by atomic mass is 10.2. The molecular formula is C12H26N2.